The van der Waals surface area contributed by atoms with E-state index in [4.69, 9.17) is 4.74 Å². The molecule has 0 aromatic heterocycles. The fourth-order valence-electron chi connectivity index (χ4n) is 2.07. The maximum Gasteiger partial charge on any atom is 0.191 e. The summed E-state index contributed by atoms with van der Waals surface area (Å²) in [4.78, 5) is 4.38. The van der Waals surface area contributed by atoms with Crippen LogP contribution < -0.4 is 15.4 Å². The number of guanidine groups is 1. The van der Waals surface area contributed by atoms with E-state index in [2.05, 4.69) is 34.7 Å². The first-order valence-electron chi connectivity index (χ1n) is 6.45. The van der Waals surface area contributed by atoms with Gasteiger partial charge in [0.1, 0.15) is 5.75 Å². The molecule has 1 aromatic carbocycles. The topological polar surface area (TPSA) is 45.6 Å². The van der Waals surface area contributed by atoms with Gasteiger partial charge in [0.2, 0.25) is 0 Å². The maximum atomic E-state index is 5.37. The Hall–Kier alpha value is -0.980. The van der Waals surface area contributed by atoms with Gasteiger partial charge in [-0.2, -0.15) is 0 Å². The van der Waals surface area contributed by atoms with E-state index in [1.165, 1.54) is 11.1 Å². The Balaban J connectivity index is 0.00000180. The molecule has 0 amide bonds. The van der Waals surface area contributed by atoms with Crippen LogP contribution >= 0.6 is 24.0 Å². The molecule has 0 spiro atoms. The van der Waals surface area contributed by atoms with Crippen molar-refractivity contribution in [3.05, 3.63) is 29.3 Å². The molecule has 5 heteroatoms. The van der Waals surface area contributed by atoms with Crippen molar-refractivity contribution in [2.75, 3.05) is 26.7 Å². The van der Waals surface area contributed by atoms with E-state index in [0.717, 1.165) is 44.2 Å². The molecular weight excluding hydrogens is 353 g/mol. The minimum Gasteiger partial charge on any atom is -0.496 e. The highest BCUT2D eigenvalue weighted by Crippen LogP contribution is 2.19. The van der Waals surface area contributed by atoms with Crippen LogP contribution in [0.1, 0.15) is 17.5 Å². The van der Waals surface area contributed by atoms with Gasteiger partial charge in [0, 0.05) is 19.6 Å². The molecule has 1 aliphatic heterocycles. The summed E-state index contributed by atoms with van der Waals surface area (Å²) in [5.74, 6) is 1.88. The molecule has 106 valence electrons. The van der Waals surface area contributed by atoms with Crippen LogP contribution in [0, 0.1) is 6.92 Å². The van der Waals surface area contributed by atoms with E-state index < -0.39 is 0 Å². The number of aryl methyl sites for hydroxylation is 1. The van der Waals surface area contributed by atoms with E-state index in [-0.39, 0.29) is 24.0 Å². The van der Waals surface area contributed by atoms with Crippen molar-refractivity contribution in [3.63, 3.8) is 0 Å². The number of methoxy groups -OCH3 is 1. The van der Waals surface area contributed by atoms with Crippen LogP contribution in [-0.4, -0.2) is 32.7 Å². The lowest BCUT2D eigenvalue weighted by atomic mass is 10.1. The number of nitrogens with zero attached hydrogens (tertiary/aromatic N) is 1. The summed E-state index contributed by atoms with van der Waals surface area (Å²) in [7, 11) is 1.72. The summed E-state index contributed by atoms with van der Waals surface area (Å²) in [6.07, 6.45) is 2.06. The van der Waals surface area contributed by atoms with Gasteiger partial charge in [0.05, 0.1) is 7.11 Å². The van der Waals surface area contributed by atoms with Crippen LogP contribution in [-0.2, 0) is 6.42 Å². The van der Waals surface area contributed by atoms with E-state index in [0.29, 0.717) is 0 Å². The van der Waals surface area contributed by atoms with Crippen LogP contribution in [0.5, 0.6) is 5.75 Å². The van der Waals surface area contributed by atoms with Gasteiger partial charge in [-0.3, -0.25) is 4.99 Å². The molecule has 0 saturated carbocycles. The Morgan fingerprint density at radius 1 is 1.42 bits per heavy atom. The van der Waals surface area contributed by atoms with Gasteiger partial charge in [0.15, 0.2) is 5.96 Å². The average molecular weight is 375 g/mol. The number of aliphatic imine (C=N–C) groups is 1. The molecule has 1 heterocycles. The van der Waals surface area contributed by atoms with Crippen LogP contribution in [0.2, 0.25) is 0 Å². The summed E-state index contributed by atoms with van der Waals surface area (Å²) in [6, 6.07) is 6.28. The molecule has 1 aromatic rings. The highest BCUT2D eigenvalue weighted by Gasteiger charge is 2.05. The molecule has 0 radical (unpaired) electrons. The van der Waals surface area contributed by atoms with Crippen LogP contribution in [0.25, 0.3) is 0 Å². The molecule has 2 N–H and O–H groups in total. The Morgan fingerprint density at radius 2 is 2.26 bits per heavy atom. The molecule has 19 heavy (non-hydrogen) atoms. The molecule has 0 saturated heterocycles. The summed E-state index contributed by atoms with van der Waals surface area (Å²) in [5.41, 5.74) is 2.50. The first kappa shape index (κ1) is 16.1. The first-order valence-corrected chi connectivity index (χ1v) is 6.45. The normalized spacial score (nSPS) is 13.9. The smallest absolute Gasteiger partial charge is 0.191 e. The van der Waals surface area contributed by atoms with Crippen LogP contribution in [0.3, 0.4) is 0 Å². The third-order valence-corrected chi connectivity index (χ3v) is 3.02. The van der Waals surface area contributed by atoms with Gasteiger partial charge in [-0.15, -0.1) is 24.0 Å². The van der Waals surface area contributed by atoms with Crippen molar-refractivity contribution < 1.29 is 4.74 Å². The fraction of sp³-hybridized carbons (Fsp3) is 0.500. The van der Waals surface area contributed by atoms with E-state index in [1.54, 1.807) is 7.11 Å². The number of nitrogens with one attached hydrogen (secondary N) is 2. The van der Waals surface area contributed by atoms with Gasteiger partial charge >= 0.3 is 0 Å². The molecular formula is C14H22IN3O. The number of halogens is 1. The molecule has 0 fully saturated rings. The van der Waals surface area contributed by atoms with E-state index in [1.807, 2.05) is 6.07 Å². The van der Waals surface area contributed by atoms with Crippen LogP contribution in [0.15, 0.2) is 23.2 Å². The highest BCUT2D eigenvalue weighted by molar-refractivity contribution is 14.0. The number of hydrogen-bond donors (Lipinski definition) is 2. The zero-order valence-electron chi connectivity index (χ0n) is 11.5. The van der Waals surface area contributed by atoms with Gasteiger partial charge in [-0.05, 0) is 31.4 Å². The summed E-state index contributed by atoms with van der Waals surface area (Å²) >= 11 is 0. The number of rotatable bonds is 4. The quantitative estimate of drug-likeness (QED) is 0.793. The second-order valence-electron chi connectivity index (χ2n) is 4.50. The molecule has 1 aliphatic rings. The fourth-order valence-corrected chi connectivity index (χ4v) is 2.07. The van der Waals surface area contributed by atoms with Gasteiger partial charge in [-0.25, -0.2) is 0 Å². The minimum absolute atomic E-state index is 0. The van der Waals surface area contributed by atoms with Gasteiger partial charge in [0.25, 0.3) is 0 Å². The lowest BCUT2D eigenvalue weighted by molar-refractivity contribution is 0.409. The highest BCUT2D eigenvalue weighted by atomic mass is 127. The van der Waals surface area contributed by atoms with E-state index in [9.17, 15) is 0 Å². The zero-order valence-corrected chi connectivity index (χ0v) is 13.9. The molecule has 0 unspecified atom stereocenters. The number of benzene rings is 1. The third-order valence-electron chi connectivity index (χ3n) is 3.02. The molecule has 4 nitrogen and oxygen atoms in total. The zero-order chi connectivity index (χ0) is 12.8. The minimum atomic E-state index is 0. The molecule has 0 aliphatic carbocycles. The lowest BCUT2D eigenvalue weighted by Crippen LogP contribution is -2.41. The molecule has 0 bridgehead atoms. The predicted molar refractivity (Wildman–Crippen MR) is 89.8 cm³/mol. The Bertz CT molecular complexity index is 435. The van der Waals surface area contributed by atoms with E-state index >= 15 is 0 Å². The Labute approximate surface area is 132 Å². The Morgan fingerprint density at radius 3 is 2.95 bits per heavy atom. The summed E-state index contributed by atoms with van der Waals surface area (Å²) in [5, 5.41) is 6.58. The third kappa shape index (κ3) is 4.89. The van der Waals surface area contributed by atoms with Crippen molar-refractivity contribution in [3.8, 4) is 5.75 Å². The second-order valence-corrected chi connectivity index (χ2v) is 4.50. The molecule has 0 atom stereocenters. The van der Waals surface area contributed by atoms with Crippen molar-refractivity contribution in [2.24, 2.45) is 4.99 Å². The summed E-state index contributed by atoms with van der Waals surface area (Å²) in [6.45, 7) is 4.90. The van der Waals surface area contributed by atoms with Crippen molar-refractivity contribution in [2.45, 2.75) is 19.8 Å². The number of hydrogen-bond acceptors (Lipinski definition) is 4. The second kappa shape index (κ2) is 8.24. The SMILES string of the molecule is COc1ccc(C)cc1CCNC1=NCCCN1.I. The van der Waals surface area contributed by atoms with Gasteiger partial charge in [-0.1, -0.05) is 17.7 Å². The average Bonchev–Trinajstić information content (AvgIpc) is 2.40. The lowest BCUT2D eigenvalue weighted by Gasteiger charge is -2.16. The van der Waals surface area contributed by atoms with Gasteiger partial charge < -0.3 is 15.4 Å². The number of ether oxygens (including phenoxy) is 1. The monoisotopic (exact) mass is 375 g/mol. The summed E-state index contributed by atoms with van der Waals surface area (Å²) < 4.78 is 5.37. The van der Waals surface area contributed by atoms with Crippen molar-refractivity contribution in [1.29, 1.82) is 0 Å². The van der Waals surface area contributed by atoms with Crippen molar-refractivity contribution in [1.82, 2.24) is 10.6 Å². The largest absolute Gasteiger partial charge is 0.496 e. The predicted octanol–water partition coefficient (Wildman–Crippen LogP) is 2.10. The molecule has 2 rings (SSSR count). The van der Waals surface area contributed by atoms with Crippen molar-refractivity contribution >= 4 is 29.9 Å². The van der Waals surface area contributed by atoms with Crippen LogP contribution in [0.4, 0.5) is 0 Å². The first-order chi connectivity index (χ1) is 8.79. The standard InChI is InChI=1S/C14H21N3O.HI/c1-11-4-5-13(18-2)12(10-11)6-9-17-14-15-7-3-8-16-14;/h4-5,10H,3,6-9H2,1-2H3,(H2,15,16,17);1H. The maximum absolute atomic E-state index is 5.37. The Kier molecular flexibility index (Phi) is 6.97.